The Morgan fingerprint density at radius 3 is 2.43 bits per heavy atom. The van der Waals surface area contributed by atoms with E-state index in [1.165, 1.54) is 0 Å². The molecule has 4 heterocycles. The predicted octanol–water partition coefficient (Wildman–Crippen LogP) is 5.92. The van der Waals surface area contributed by atoms with E-state index in [4.69, 9.17) is 26.1 Å². The normalized spacial score (nSPS) is 20.7. The lowest BCUT2D eigenvalue weighted by atomic mass is 9.96. The van der Waals surface area contributed by atoms with Crippen LogP contribution in [0.1, 0.15) is 36.0 Å². The van der Waals surface area contributed by atoms with Crippen LogP contribution < -0.4 is 14.8 Å². The molecule has 0 spiro atoms. The summed E-state index contributed by atoms with van der Waals surface area (Å²) >= 11 is 6.38. The minimum Gasteiger partial charge on any atom is -0.496 e. The first-order valence-electron chi connectivity index (χ1n) is 12.6. The molecule has 0 radical (unpaired) electrons. The summed E-state index contributed by atoms with van der Waals surface area (Å²) in [7, 11) is 3.20. The number of ether oxygens (including phenoxy) is 2. The number of fused-ring (bicyclic) bond motifs is 3. The van der Waals surface area contributed by atoms with Crippen LogP contribution in [-0.2, 0) is 0 Å². The molecule has 0 saturated carbocycles. The third-order valence-electron chi connectivity index (χ3n) is 7.57. The predicted molar refractivity (Wildman–Crippen MR) is 145 cm³/mol. The number of benzene rings is 2. The summed E-state index contributed by atoms with van der Waals surface area (Å²) in [5.74, 6) is 1.37. The van der Waals surface area contributed by atoms with Crippen molar-refractivity contribution in [3.05, 3.63) is 77.6 Å². The van der Waals surface area contributed by atoms with Crippen LogP contribution in [0.25, 0.3) is 16.9 Å². The van der Waals surface area contributed by atoms with Gasteiger partial charge >= 0.3 is 0 Å². The number of carbonyl (C=O) groups is 1. The SMILES string of the molecule is COc1cc(OC)c(-c2cn3ccc(NC4CC5CCC(C4)N5C(=O)c4ccccc4)cc3n2)cc1Cl. The molecule has 4 aromatic rings. The van der Waals surface area contributed by atoms with Gasteiger partial charge < -0.3 is 24.1 Å². The van der Waals surface area contributed by atoms with Crippen molar-refractivity contribution in [3.63, 3.8) is 0 Å². The summed E-state index contributed by atoms with van der Waals surface area (Å²) in [6.45, 7) is 0. The van der Waals surface area contributed by atoms with E-state index in [1.54, 1.807) is 20.3 Å². The van der Waals surface area contributed by atoms with Crippen molar-refractivity contribution in [1.29, 1.82) is 0 Å². The van der Waals surface area contributed by atoms with E-state index in [-0.39, 0.29) is 18.0 Å². The molecule has 2 aromatic heterocycles. The first-order valence-corrected chi connectivity index (χ1v) is 13.0. The summed E-state index contributed by atoms with van der Waals surface area (Å²) in [4.78, 5) is 20.1. The van der Waals surface area contributed by atoms with Crippen molar-refractivity contribution >= 4 is 28.8 Å². The summed E-state index contributed by atoms with van der Waals surface area (Å²) in [5.41, 5.74) is 4.20. The molecule has 6 rings (SSSR count). The molecule has 37 heavy (non-hydrogen) atoms. The summed E-state index contributed by atoms with van der Waals surface area (Å²) in [6, 6.07) is 18.2. The van der Waals surface area contributed by atoms with Gasteiger partial charge in [-0.15, -0.1) is 0 Å². The van der Waals surface area contributed by atoms with Crippen LogP contribution in [0.5, 0.6) is 11.5 Å². The Morgan fingerprint density at radius 2 is 1.73 bits per heavy atom. The number of halogens is 1. The van der Waals surface area contributed by atoms with Crippen molar-refractivity contribution in [1.82, 2.24) is 14.3 Å². The maximum Gasteiger partial charge on any atom is 0.254 e. The summed E-state index contributed by atoms with van der Waals surface area (Å²) < 4.78 is 12.9. The van der Waals surface area contributed by atoms with Gasteiger partial charge in [0, 0.05) is 59.5 Å². The van der Waals surface area contributed by atoms with Gasteiger partial charge in [0.2, 0.25) is 0 Å². The van der Waals surface area contributed by atoms with Crippen molar-refractivity contribution in [2.75, 3.05) is 19.5 Å². The highest BCUT2D eigenvalue weighted by atomic mass is 35.5. The number of imidazole rings is 1. The van der Waals surface area contributed by atoms with Crippen molar-refractivity contribution in [2.24, 2.45) is 0 Å². The van der Waals surface area contributed by atoms with Crippen LogP contribution in [0, 0.1) is 0 Å². The zero-order chi connectivity index (χ0) is 25.5. The van der Waals surface area contributed by atoms with E-state index < -0.39 is 0 Å². The molecule has 2 unspecified atom stereocenters. The van der Waals surface area contributed by atoms with Gasteiger partial charge in [-0.05, 0) is 49.9 Å². The Hall–Kier alpha value is -3.71. The Bertz CT molecular complexity index is 1440. The average molecular weight is 517 g/mol. The maximum atomic E-state index is 13.2. The number of methoxy groups -OCH3 is 2. The topological polar surface area (TPSA) is 68.1 Å². The third-order valence-corrected chi connectivity index (χ3v) is 7.86. The minimum absolute atomic E-state index is 0.159. The standard InChI is InChI=1S/C29H29ClN4O3/c1-36-26-16-27(37-2)24(30)15-23(26)25-17-33-11-10-19(14-28(33)32-25)31-20-12-21-8-9-22(13-20)34(21)29(35)18-6-4-3-5-7-18/h3-7,10-11,14-17,20-22,31H,8-9,12-13H2,1-2H3. The Labute approximate surface area is 221 Å². The van der Waals surface area contributed by atoms with Gasteiger partial charge in [-0.3, -0.25) is 4.79 Å². The number of amides is 1. The smallest absolute Gasteiger partial charge is 0.254 e. The molecule has 2 bridgehead atoms. The Balaban J connectivity index is 1.20. The second kappa shape index (κ2) is 9.63. The van der Waals surface area contributed by atoms with Crippen molar-refractivity contribution in [2.45, 2.75) is 43.8 Å². The van der Waals surface area contributed by atoms with E-state index >= 15 is 0 Å². The first-order chi connectivity index (χ1) is 18.0. The number of rotatable bonds is 6. The van der Waals surface area contributed by atoms with Crippen LogP contribution >= 0.6 is 11.6 Å². The molecule has 190 valence electrons. The van der Waals surface area contributed by atoms with E-state index in [2.05, 4.69) is 22.3 Å². The molecule has 7 nitrogen and oxygen atoms in total. The quantitative estimate of drug-likeness (QED) is 0.344. The molecule has 2 aromatic carbocycles. The van der Waals surface area contributed by atoms with Gasteiger partial charge in [0.05, 0.1) is 24.9 Å². The molecule has 2 aliphatic rings. The summed E-state index contributed by atoms with van der Waals surface area (Å²) in [5, 5.41) is 4.22. The molecule has 2 fully saturated rings. The fourth-order valence-electron chi connectivity index (χ4n) is 5.85. The molecule has 1 amide bonds. The van der Waals surface area contributed by atoms with Crippen molar-refractivity contribution < 1.29 is 14.3 Å². The van der Waals surface area contributed by atoms with E-state index in [0.29, 0.717) is 22.6 Å². The number of nitrogens with one attached hydrogen (secondary N) is 1. The fourth-order valence-corrected chi connectivity index (χ4v) is 6.09. The molecular weight excluding hydrogens is 488 g/mol. The lowest BCUT2D eigenvalue weighted by Crippen LogP contribution is -2.49. The monoisotopic (exact) mass is 516 g/mol. The highest BCUT2D eigenvalue weighted by molar-refractivity contribution is 6.32. The van der Waals surface area contributed by atoms with Gasteiger partial charge in [0.15, 0.2) is 0 Å². The third kappa shape index (κ3) is 4.37. The highest BCUT2D eigenvalue weighted by Crippen LogP contribution is 2.39. The molecule has 2 saturated heterocycles. The first kappa shape index (κ1) is 23.7. The van der Waals surface area contributed by atoms with Gasteiger partial charge in [0.1, 0.15) is 17.1 Å². The van der Waals surface area contributed by atoms with Crippen molar-refractivity contribution in [3.8, 4) is 22.8 Å². The van der Waals surface area contributed by atoms with Crippen LogP contribution in [0.3, 0.4) is 0 Å². The number of piperidine rings is 1. The van der Waals surface area contributed by atoms with Gasteiger partial charge in [-0.25, -0.2) is 4.98 Å². The molecular formula is C29H29ClN4O3. The van der Waals surface area contributed by atoms with Crippen LogP contribution in [0.4, 0.5) is 5.69 Å². The molecule has 1 N–H and O–H groups in total. The largest absolute Gasteiger partial charge is 0.496 e. The maximum absolute atomic E-state index is 13.2. The fraction of sp³-hybridized carbons (Fsp3) is 0.310. The minimum atomic E-state index is 0.159. The highest BCUT2D eigenvalue weighted by Gasteiger charge is 2.43. The van der Waals surface area contributed by atoms with E-state index in [0.717, 1.165) is 53.8 Å². The molecule has 2 atom stereocenters. The average Bonchev–Trinajstić information content (AvgIpc) is 3.46. The zero-order valence-corrected chi connectivity index (χ0v) is 21.6. The lowest BCUT2D eigenvalue weighted by molar-refractivity contribution is 0.0583. The van der Waals surface area contributed by atoms with Crippen LogP contribution in [0.15, 0.2) is 67.0 Å². The number of hydrogen-bond donors (Lipinski definition) is 1. The van der Waals surface area contributed by atoms with E-state index in [9.17, 15) is 4.79 Å². The number of nitrogens with zero attached hydrogens (tertiary/aromatic N) is 3. The second-order valence-corrected chi connectivity index (χ2v) is 10.2. The van der Waals surface area contributed by atoms with Gasteiger partial charge in [-0.2, -0.15) is 0 Å². The molecule has 8 heteroatoms. The van der Waals surface area contributed by atoms with Gasteiger partial charge in [-0.1, -0.05) is 29.8 Å². The number of aromatic nitrogens is 2. The van der Waals surface area contributed by atoms with Crippen LogP contribution in [-0.4, -0.2) is 52.5 Å². The molecule has 0 aliphatic carbocycles. The van der Waals surface area contributed by atoms with E-state index in [1.807, 2.05) is 53.2 Å². The number of hydrogen-bond acceptors (Lipinski definition) is 5. The number of pyridine rings is 1. The van der Waals surface area contributed by atoms with Crippen LogP contribution in [0.2, 0.25) is 5.02 Å². The number of anilines is 1. The molecule has 2 aliphatic heterocycles. The zero-order valence-electron chi connectivity index (χ0n) is 20.9. The lowest BCUT2D eigenvalue weighted by Gasteiger charge is -2.39. The second-order valence-electron chi connectivity index (χ2n) is 9.77. The number of carbonyl (C=O) groups excluding carboxylic acids is 1. The Kier molecular flexibility index (Phi) is 6.16. The Morgan fingerprint density at radius 1 is 1.00 bits per heavy atom. The van der Waals surface area contributed by atoms with Gasteiger partial charge in [0.25, 0.3) is 5.91 Å². The summed E-state index contributed by atoms with van der Waals surface area (Å²) in [6.07, 6.45) is 8.00.